The van der Waals surface area contributed by atoms with E-state index in [1.54, 1.807) is 34.8 Å². The van der Waals surface area contributed by atoms with Crippen molar-refractivity contribution in [3.05, 3.63) is 128 Å². The van der Waals surface area contributed by atoms with Crippen LogP contribution in [0.2, 0.25) is 0 Å². The maximum atomic E-state index is 12.6. The summed E-state index contributed by atoms with van der Waals surface area (Å²) >= 11 is 7.25. The third-order valence-corrected chi connectivity index (χ3v) is 17.2. The number of ether oxygens (including phenoxy) is 1. The Kier molecular flexibility index (Phi) is 18.0. The van der Waals surface area contributed by atoms with Gasteiger partial charge in [0.1, 0.15) is 0 Å². The fourth-order valence-electron chi connectivity index (χ4n) is 9.45. The zero-order valence-electron chi connectivity index (χ0n) is 37.8. The number of aromatic nitrogens is 2. The monoisotopic (exact) mass is 954 g/mol. The molecule has 6 heterocycles. The van der Waals surface area contributed by atoms with Gasteiger partial charge < -0.3 is 28.8 Å². The summed E-state index contributed by atoms with van der Waals surface area (Å²) in [4.78, 5) is 54.3. The molecule has 4 unspecified atom stereocenters. The number of rotatable bonds is 18. The van der Waals surface area contributed by atoms with Crippen LogP contribution in [-0.4, -0.2) is 93.9 Å². The normalized spacial score (nSPS) is 19.2. The predicted molar refractivity (Wildman–Crippen MR) is 270 cm³/mol. The number of fused-ring (bicyclic) bond motifs is 2. The van der Waals surface area contributed by atoms with Gasteiger partial charge in [-0.2, -0.15) is 0 Å². The second-order valence-corrected chi connectivity index (χ2v) is 22.1. The van der Waals surface area contributed by atoms with E-state index in [-0.39, 0.29) is 34.8 Å². The average Bonchev–Trinajstić information content (AvgIpc) is 4.04. The maximum absolute atomic E-state index is 12.6. The molecule has 2 fully saturated rings. The van der Waals surface area contributed by atoms with Gasteiger partial charge in [-0.1, -0.05) is 36.4 Å². The smallest absolute Gasteiger partial charge is 0.310 e. The van der Waals surface area contributed by atoms with Crippen LogP contribution in [-0.2, 0) is 27.4 Å². The number of thiophene rings is 2. The van der Waals surface area contributed by atoms with Gasteiger partial charge in [-0.05, 0) is 146 Å². The van der Waals surface area contributed by atoms with Crippen molar-refractivity contribution in [3.63, 3.8) is 0 Å². The number of hydrogen-bond donors (Lipinski definition) is 1. The largest absolute Gasteiger partial charge is 0.481 e. The molecule has 0 amide bonds. The first-order chi connectivity index (χ1) is 31.6. The maximum Gasteiger partial charge on any atom is 0.310 e. The summed E-state index contributed by atoms with van der Waals surface area (Å²) < 4.78 is 11.5. The third kappa shape index (κ3) is 13.5. The van der Waals surface area contributed by atoms with Crippen LogP contribution in [0.25, 0.3) is 21.8 Å². The summed E-state index contributed by atoms with van der Waals surface area (Å²) in [5.41, 5.74) is 4.28. The molecular weight excluding hydrogens is 893 g/mol. The topological polar surface area (TPSA) is 114 Å². The Bertz CT molecular complexity index is 2590. The molecule has 0 spiro atoms. The minimum atomic E-state index is -0.691. The van der Waals surface area contributed by atoms with Crippen LogP contribution in [0.5, 0.6) is 0 Å². The van der Waals surface area contributed by atoms with E-state index >= 15 is 0 Å². The highest BCUT2D eigenvalue weighted by atomic mass is 32.2. The molecule has 4 aromatic heterocycles. The lowest BCUT2D eigenvalue weighted by atomic mass is 9.82. The molecule has 65 heavy (non-hydrogen) atoms. The van der Waals surface area contributed by atoms with Crippen LogP contribution in [0.4, 0.5) is 0 Å². The van der Waals surface area contributed by atoms with Crippen LogP contribution >= 0.6 is 46.2 Å². The van der Waals surface area contributed by atoms with E-state index in [0.29, 0.717) is 25.6 Å². The lowest BCUT2D eigenvalue weighted by molar-refractivity contribution is -0.150. The molecule has 0 aliphatic carbocycles. The number of methoxy groups -OCH3 is 1. The summed E-state index contributed by atoms with van der Waals surface area (Å²) in [7, 11) is 1.49. The lowest BCUT2D eigenvalue weighted by Gasteiger charge is -2.37. The molecule has 2 aromatic carbocycles. The zero-order valence-corrected chi connectivity index (χ0v) is 41.0. The van der Waals surface area contributed by atoms with E-state index in [2.05, 4.69) is 82.1 Å². The number of pyridine rings is 2. The molecule has 346 valence electrons. The van der Waals surface area contributed by atoms with Crippen LogP contribution in [0.3, 0.4) is 0 Å². The summed E-state index contributed by atoms with van der Waals surface area (Å²) in [6.45, 7) is 10.6. The number of hydrogen-bond acceptors (Lipinski definition) is 11. The number of carbonyl (C=O) groups excluding carboxylic acids is 1. The number of aliphatic carboxylic acids is 1. The van der Waals surface area contributed by atoms with Crippen molar-refractivity contribution in [1.82, 2.24) is 18.9 Å². The highest BCUT2D eigenvalue weighted by Crippen LogP contribution is 2.32. The van der Waals surface area contributed by atoms with Crippen LogP contribution in [0.15, 0.2) is 114 Å². The molecule has 2 aliphatic rings. The Hall–Kier alpha value is -4.18. The minimum Gasteiger partial charge on any atom is -0.481 e. The number of benzene rings is 2. The van der Waals surface area contributed by atoms with Crippen LogP contribution in [0, 0.1) is 37.5 Å². The number of nitrogens with zero attached hydrogens (tertiary/aromatic N) is 4. The first-order valence-electron chi connectivity index (χ1n) is 22.8. The van der Waals surface area contributed by atoms with Gasteiger partial charge in [-0.3, -0.25) is 19.2 Å². The minimum absolute atomic E-state index is 0.0101. The first kappa shape index (κ1) is 48.7. The molecular formula is C51H62N4O6S4. The number of carboxylic acid groups (broad SMARTS) is 1. The fourth-order valence-corrected chi connectivity index (χ4v) is 13.2. The molecule has 1 N–H and O–H groups in total. The zero-order chi connectivity index (χ0) is 45.7. The number of esters is 1. The average molecular weight is 955 g/mol. The number of piperidine rings is 2. The van der Waals surface area contributed by atoms with Crippen molar-refractivity contribution in [2.24, 2.45) is 23.7 Å². The number of carbonyl (C=O) groups is 2. The summed E-state index contributed by atoms with van der Waals surface area (Å²) in [6, 6.07) is 27.9. The van der Waals surface area contributed by atoms with Crippen molar-refractivity contribution in [2.45, 2.75) is 73.9 Å². The first-order valence-corrected chi connectivity index (χ1v) is 26.6. The Balaban J connectivity index is 0.000000194. The quantitative estimate of drug-likeness (QED) is 0.0660. The van der Waals surface area contributed by atoms with Gasteiger partial charge in [0.25, 0.3) is 11.1 Å². The van der Waals surface area contributed by atoms with Crippen LogP contribution in [0.1, 0.15) is 49.7 Å². The highest BCUT2D eigenvalue weighted by Gasteiger charge is 2.35. The highest BCUT2D eigenvalue weighted by molar-refractivity contribution is 8.01. The van der Waals surface area contributed by atoms with Crippen molar-refractivity contribution < 1.29 is 19.4 Å². The predicted octanol–water partition coefficient (Wildman–Crippen LogP) is 10.0. The number of likely N-dealkylation sites (tertiary alicyclic amines) is 2. The van der Waals surface area contributed by atoms with E-state index in [0.717, 1.165) is 116 Å². The van der Waals surface area contributed by atoms with E-state index in [1.807, 2.05) is 57.8 Å². The van der Waals surface area contributed by atoms with Crippen molar-refractivity contribution in [2.75, 3.05) is 57.9 Å². The van der Waals surface area contributed by atoms with E-state index in [9.17, 15) is 24.3 Å². The number of aryl methyl sites for hydroxylation is 4. The standard InChI is InChI=1S/C26H32N2O3S2.C25H30N2O3S2/c1-19-7-8-21-9-10-24(29)28(23(21)17-19)12-3-5-20-11-13-27(18-22(20)26(30)31-2)14-16-33-25-6-4-15-32-25;1-18-6-7-20-8-9-23(28)27(22(20)16-18)11-2-4-19-10-12-26(17-21(19)25(29)30)13-15-32-24-5-3-14-31-24/h4,6-10,15,17,20,22H,3,5,11-14,16,18H2,1-2H3;3,5-9,14,16,19,21H,2,4,10-13,15,17H2,1H3,(H,29,30). The van der Waals surface area contributed by atoms with Gasteiger partial charge in [0, 0.05) is 62.9 Å². The fraction of sp³-hybridized carbons (Fsp3) is 0.451. The number of thioether (sulfide) groups is 2. The molecule has 14 heteroatoms. The van der Waals surface area contributed by atoms with Gasteiger partial charge in [0.05, 0.1) is 38.4 Å². The molecule has 10 nitrogen and oxygen atoms in total. The van der Waals surface area contributed by atoms with Crippen molar-refractivity contribution in [1.29, 1.82) is 0 Å². The second-order valence-electron chi connectivity index (χ2n) is 17.4. The van der Waals surface area contributed by atoms with Gasteiger partial charge >= 0.3 is 11.9 Å². The molecule has 2 aliphatic heterocycles. The molecule has 4 atom stereocenters. The van der Waals surface area contributed by atoms with Gasteiger partial charge in [-0.15, -0.1) is 46.2 Å². The Morgan fingerprint density at radius 3 is 1.57 bits per heavy atom. The summed E-state index contributed by atoms with van der Waals surface area (Å²) in [6.07, 6.45) is 5.35. The molecule has 0 bridgehead atoms. The molecule has 0 saturated carbocycles. The van der Waals surface area contributed by atoms with Crippen molar-refractivity contribution >= 4 is 79.9 Å². The number of carboxylic acids is 1. The third-order valence-electron chi connectivity index (χ3n) is 13.0. The summed E-state index contributed by atoms with van der Waals surface area (Å²) in [5, 5.41) is 16.2. The molecule has 2 saturated heterocycles. The molecule has 6 aromatic rings. The Labute approximate surface area is 399 Å². The second kappa shape index (κ2) is 24.0. The Morgan fingerprint density at radius 2 is 1.12 bits per heavy atom. The van der Waals surface area contributed by atoms with Gasteiger partial charge in [0.2, 0.25) is 0 Å². The van der Waals surface area contributed by atoms with E-state index in [1.165, 1.54) is 15.5 Å². The Morgan fingerprint density at radius 1 is 0.662 bits per heavy atom. The SMILES string of the molecule is COC(=O)C1CN(CCSc2cccs2)CCC1CCCn1c(=O)ccc2ccc(C)cc21.Cc1ccc2ccc(=O)n(CCCC3CCN(CCSc4cccs4)CC3C(=O)O)c2c1. The van der Waals surface area contributed by atoms with Crippen molar-refractivity contribution in [3.8, 4) is 0 Å². The molecule has 0 radical (unpaired) electrons. The van der Waals surface area contributed by atoms with Gasteiger partial charge in [0.15, 0.2) is 0 Å². The van der Waals surface area contributed by atoms with Gasteiger partial charge in [-0.25, -0.2) is 0 Å². The summed E-state index contributed by atoms with van der Waals surface area (Å²) in [5.74, 6) is 1.26. The van der Waals surface area contributed by atoms with E-state index in [4.69, 9.17) is 4.74 Å². The van der Waals surface area contributed by atoms with Crippen LogP contribution < -0.4 is 11.1 Å². The van der Waals surface area contributed by atoms with E-state index < -0.39 is 5.97 Å². The molecule has 8 rings (SSSR count). The lowest BCUT2D eigenvalue weighted by Crippen LogP contribution is -2.45.